The van der Waals surface area contributed by atoms with E-state index in [1.165, 1.54) is 6.42 Å². The van der Waals surface area contributed by atoms with Gasteiger partial charge in [0.25, 0.3) is 0 Å². The molecule has 0 heterocycles. The molecule has 1 N–H and O–H groups in total. The zero-order valence-electron chi connectivity index (χ0n) is 12.4. The fraction of sp³-hybridized carbons (Fsp3) is 0.625. The van der Waals surface area contributed by atoms with Crippen LogP contribution in [-0.4, -0.2) is 25.8 Å². The van der Waals surface area contributed by atoms with Gasteiger partial charge in [-0.2, -0.15) is 0 Å². The van der Waals surface area contributed by atoms with Crippen LogP contribution in [0.2, 0.25) is 0 Å². The van der Waals surface area contributed by atoms with Gasteiger partial charge < -0.3 is 14.8 Å². The zero-order chi connectivity index (χ0) is 13.9. The summed E-state index contributed by atoms with van der Waals surface area (Å²) in [6.07, 6.45) is 2.55. The predicted molar refractivity (Wildman–Crippen MR) is 77.9 cm³/mol. The van der Waals surface area contributed by atoms with E-state index < -0.39 is 0 Å². The summed E-state index contributed by atoms with van der Waals surface area (Å²) in [5.74, 6) is 1.79. The Morgan fingerprint density at radius 3 is 2.37 bits per heavy atom. The maximum atomic E-state index is 6.08. The van der Waals surface area contributed by atoms with E-state index in [2.05, 4.69) is 26.1 Å². The largest absolute Gasteiger partial charge is 0.497 e. The molecule has 0 radical (unpaired) electrons. The minimum atomic E-state index is 0.190. The second-order valence-electron chi connectivity index (χ2n) is 5.85. The molecule has 0 aromatic heterocycles. The standard InChI is InChI=1S/C16H25NO2/c1-5-10-17-14-11-15(16(14,2)3)19-13-8-6-12(18-4)7-9-13/h6-9,14-15,17H,5,10-11H2,1-4H3. The van der Waals surface area contributed by atoms with Crippen molar-refractivity contribution in [2.45, 2.75) is 45.8 Å². The predicted octanol–water partition coefficient (Wildman–Crippen LogP) is 3.24. The van der Waals surface area contributed by atoms with Gasteiger partial charge in [-0.1, -0.05) is 20.8 Å². The Bertz CT molecular complexity index is 400. The summed E-state index contributed by atoms with van der Waals surface area (Å²) in [6.45, 7) is 7.84. The smallest absolute Gasteiger partial charge is 0.120 e. The summed E-state index contributed by atoms with van der Waals surface area (Å²) in [6, 6.07) is 8.39. The normalized spacial score (nSPS) is 24.6. The average Bonchev–Trinajstić information content (AvgIpc) is 2.42. The van der Waals surface area contributed by atoms with Crippen LogP contribution in [-0.2, 0) is 0 Å². The SMILES string of the molecule is CCCNC1CC(Oc2ccc(OC)cc2)C1(C)C. The van der Waals surface area contributed by atoms with Crippen LogP contribution in [0.3, 0.4) is 0 Å². The molecule has 2 rings (SSSR count). The number of hydrogen-bond acceptors (Lipinski definition) is 3. The van der Waals surface area contributed by atoms with Gasteiger partial charge in [-0.05, 0) is 37.2 Å². The van der Waals surface area contributed by atoms with Crippen LogP contribution in [0.15, 0.2) is 24.3 Å². The molecular weight excluding hydrogens is 238 g/mol. The van der Waals surface area contributed by atoms with Gasteiger partial charge >= 0.3 is 0 Å². The highest BCUT2D eigenvalue weighted by molar-refractivity contribution is 5.31. The van der Waals surface area contributed by atoms with Crippen molar-refractivity contribution < 1.29 is 9.47 Å². The summed E-state index contributed by atoms with van der Waals surface area (Å²) in [4.78, 5) is 0. The molecule has 106 valence electrons. The minimum Gasteiger partial charge on any atom is -0.497 e. The molecule has 0 spiro atoms. The third-order valence-electron chi connectivity index (χ3n) is 4.16. The monoisotopic (exact) mass is 263 g/mol. The topological polar surface area (TPSA) is 30.5 Å². The number of rotatable bonds is 6. The Morgan fingerprint density at radius 1 is 1.21 bits per heavy atom. The van der Waals surface area contributed by atoms with E-state index in [0.717, 1.165) is 24.5 Å². The Morgan fingerprint density at radius 2 is 1.84 bits per heavy atom. The van der Waals surface area contributed by atoms with E-state index in [0.29, 0.717) is 6.04 Å². The second-order valence-corrected chi connectivity index (χ2v) is 5.85. The van der Waals surface area contributed by atoms with Crippen molar-refractivity contribution in [3.8, 4) is 11.5 Å². The number of methoxy groups -OCH3 is 1. The molecule has 1 fully saturated rings. The second kappa shape index (κ2) is 5.83. The van der Waals surface area contributed by atoms with Gasteiger partial charge in [0.2, 0.25) is 0 Å². The number of ether oxygens (including phenoxy) is 2. The van der Waals surface area contributed by atoms with Crippen molar-refractivity contribution in [1.29, 1.82) is 0 Å². The summed E-state index contributed by atoms with van der Waals surface area (Å²) in [5.41, 5.74) is 0.190. The van der Waals surface area contributed by atoms with Crippen molar-refractivity contribution >= 4 is 0 Å². The zero-order valence-corrected chi connectivity index (χ0v) is 12.4. The fourth-order valence-electron chi connectivity index (χ4n) is 2.57. The van der Waals surface area contributed by atoms with Crippen molar-refractivity contribution in [2.24, 2.45) is 5.41 Å². The molecule has 2 atom stereocenters. The third-order valence-corrected chi connectivity index (χ3v) is 4.16. The molecule has 1 aromatic carbocycles. The van der Waals surface area contributed by atoms with Gasteiger partial charge in [0.1, 0.15) is 17.6 Å². The van der Waals surface area contributed by atoms with Crippen LogP contribution < -0.4 is 14.8 Å². The maximum Gasteiger partial charge on any atom is 0.120 e. The van der Waals surface area contributed by atoms with Gasteiger partial charge in [-0.25, -0.2) is 0 Å². The van der Waals surface area contributed by atoms with Crippen molar-refractivity contribution in [3.63, 3.8) is 0 Å². The van der Waals surface area contributed by atoms with E-state index in [4.69, 9.17) is 9.47 Å². The van der Waals surface area contributed by atoms with Crippen LogP contribution in [0, 0.1) is 5.41 Å². The molecule has 3 heteroatoms. The van der Waals surface area contributed by atoms with E-state index >= 15 is 0 Å². The molecule has 0 aliphatic heterocycles. The Hall–Kier alpha value is -1.22. The molecule has 0 bridgehead atoms. The highest BCUT2D eigenvalue weighted by Gasteiger charge is 2.49. The Kier molecular flexibility index (Phi) is 4.35. The Balaban J connectivity index is 1.90. The lowest BCUT2D eigenvalue weighted by Gasteiger charge is -2.51. The van der Waals surface area contributed by atoms with E-state index in [1.807, 2.05) is 24.3 Å². The first-order valence-electron chi connectivity index (χ1n) is 7.12. The van der Waals surface area contributed by atoms with Crippen LogP contribution in [0.1, 0.15) is 33.6 Å². The number of nitrogens with one attached hydrogen (secondary N) is 1. The molecule has 0 saturated heterocycles. The lowest BCUT2D eigenvalue weighted by Crippen LogP contribution is -2.62. The highest BCUT2D eigenvalue weighted by atomic mass is 16.5. The summed E-state index contributed by atoms with van der Waals surface area (Å²) in [7, 11) is 1.68. The molecule has 3 nitrogen and oxygen atoms in total. The summed E-state index contributed by atoms with van der Waals surface area (Å²) >= 11 is 0. The van der Waals surface area contributed by atoms with Crippen LogP contribution in [0.4, 0.5) is 0 Å². The van der Waals surface area contributed by atoms with Gasteiger partial charge in [0.05, 0.1) is 7.11 Å². The number of hydrogen-bond donors (Lipinski definition) is 1. The lowest BCUT2D eigenvalue weighted by molar-refractivity contribution is -0.0546. The van der Waals surface area contributed by atoms with Crippen LogP contribution in [0.25, 0.3) is 0 Å². The minimum absolute atomic E-state index is 0.190. The highest BCUT2D eigenvalue weighted by Crippen LogP contribution is 2.43. The van der Waals surface area contributed by atoms with Gasteiger partial charge in [-0.3, -0.25) is 0 Å². The molecule has 1 aromatic rings. The molecule has 2 unspecified atom stereocenters. The fourth-order valence-corrected chi connectivity index (χ4v) is 2.57. The van der Waals surface area contributed by atoms with Crippen molar-refractivity contribution in [2.75, 3.05) is 13.7 Å². The first kappa shape index (κ1) is 14.2. The molecule has 0 amide bonds. The quantitative estimate of drug-likeness (QED) is 0.854. The van der Waals surface area contributed by atoms with Crippen LogP contribution >= 0.6 is 0 Å². The summed E-state index contributed by atoms with van der Waals surface area (Å²) < 4.78 is 11.2. The first-order valence-corrected chi connectivity index (χ1v) is 7.12. The van der Waals surface area contributed by atoms with E-state index in [9.17, 15) is 0 Å². The van der Waals surface area contributed by atoms with Gasteiger partial charge in [0.15, 0.2) is 0 Å². The average molecular weight is 263 g/mol. The molecule has 19 heavy (non-hydrogen) atoms. The maximum absolute atomic E-state index is 6.08. The lowest BCUT2D eigenvalue weighted by atomic mass is 9.64. The molecule has 1 saturated carbocycles. The van der Waals surface area contributed by atoms with Crippen molar-refractivity contribution in [3.05, 3.63) is 24.3 Å². The third kappa shape index (κ3) is 3.03. The molecule has 1 aliphatic rings. The Labute approximate surface area is 116 Å². The first-order chi connectivity index (χ1) is 9.07. The van der Waals surface area contributed by atoms with Gasteiger partial charge in [-0.15, -0.1) is 0 Å². The van der Waals surface area contributed by atoms with Crippen LogP contribution in [0.5, 0.6) is 11.5 Å². The number of benzene rings is 1. The van der Waals surface area contributed by atoms with E-state index in [1.54, 1.807) is 7.11 Å². The van der Waals surface area contributed by atoms with Gasteiger partial charge in [0, 0.05) is 17.9 Å². The van der Waals surface area contributed by atoms with E-state index in [-0.39, 0.29) is 11.5 Å². The molecule has 1 aliphatic carbocycles. The molecular formula is C16H25NO2. The summed E-state index contributed by atoms with van der Waals surface area (Å²) in [5, 5.41) is 3.59. The van der Waals surface area contributed by atoms with Crippen molar-refractivity contribution in [1.82, 2.24) is 5.32 Å².